The third kappa shape index (κ3) is 8.89. The van der Waals surface area contributed by atoms with Crippen LogP contribution in [0, 0.1) is 11.3 Å². The van der Waals surface area contributed by atoms with Gasteiger partial charge in [-0.2, -0.15) is 0 Å². The minimum Gasteiger partial charge on any atom is -0.461 e. The number of hydrogen-bond acceptors (Lipinski definition) is 3. The summed E-state index contributed by atoms with van der Waals surface area (Å²) in [6.45, 7) is 22.8. The standard InChI is InChI=1S/C73H73N3O/c1-11-15-22-45(5)71-74-64(50-29-34-57-56-25-19-20-26-67(56)77-68(57)42-50)44-65(75-71)52-40-58(48-27-31-53(32-28-48)72(6,7)8)69-61(41-52)55-35-33-54(73(9,10)14-4)43-59(55)62-38-51(46(13-3)21-12-2)39-63-60-37-49(47-23-17-16-18-24-47)30-36-66(60)76(69)70(62)63/h11-13,15-32,35-43,54,57,65,71,75H,14,33-34,44H2,1-10H3/b15-11-,21-12-,45-22+,46-13+. The first-order valence-electron chi connectivity index (χ1n) is 28.3. The van der Waals surface area contributed by atoms with Gasteiger partial charge in [0.15, 0.2) is 0 Å². The number of aliphatic imine (C=N–C) groups is 1. The maximum Gasteiger partial charge on any atom is 0.130 e. The molecule has 0 bridgehead atoms. The minimum atomic E-state index is -0.221. The number of rotatable bonds is 10. The SMILES string of the molecule is C/C=C\C=C(/C)C1N=C(C2=CCC3C(=C2)Oc2ccccc23)CC(c2cc3c(c(-c4ccc(C(C)(C)C)cc4)c2)-n2c4ccc(-c5ccccc5)cc4c4cc(C(/C=C\C)=C/C)cc(c42)C2=CC(C(C)(C)CC)CC=C23)N1. The number of ether oxygens (including phenoxy) is 1. The van der Waals surface area contributed by atoms with Crippen LogP contribution in [0.2, 0.25) is 0 Å². The highest BCUT2D eigenvalue weighted by atomic mass is 16.5. The topological polar surface area (TPSA) is 38.5 Å². The van der Waals surface area contributed by atoms with Crippen LogP contribution < -0.4 is 10.1 Å². The maximum atomic E-state index is 6.58. The summed E-state index contributed by atoms with van der Waals surface area (Å²) in [6, 6.07) is 46.1. The highest BCUT2D eigenvalue weighted by Crippen LogP contribution is 2.54. The molecule has 386 valence electrons. The van der Waals surface area contributed by atoms with Crippen molar-refractivity contribution >= 4 is 44.2 Å². The average molecular weight is 1010 g/mol. The van der Waals surface area contributed by atoms with Gasteiger partial charge in [0.1, 0.15) is 17.7 Å². The zero-order valence-electron chi connectivity index (χ0n) is 46.8. The molecular weight excluding hydrogens is 935 g/mol. The van der Waals surface area contributed by atoms with Crippen LogP contribution in [0.25, 0.3) is 66.5 Å². The highest BCUT2D eigenvalue weighted by Gasteiger charge is 2.38. The van der Waals surface area contributed by atoms with Gasteiger partial charge in [-0.05, 0) is 167 Å². The van der Waals surface area contributed by atoms with Gasteiger partial charge in [0.05, 0.1) is 16.7 Å². The molecule has 4 nitrogen and oxygen atoms in total. The molecule has 2 aliphatic carbocycles. The number of nitrogens with zero attached hydrogens (tertiary/aromatic N) is 2. The van der Waals surface area contributed by atoms with E-state index in [4.69, 9.17) is 9.73 Å². The van der Waals surface area contributed by atoms with E-state index in [1.54, 1.807) is 0 Å². The smallest absolute Gasteiger partial charge is 0.130 e. The zero-order chi connectivity index (χ0) is 53.3. The number of aromatic nitrogens is 1. The van der Waals surface area contributed by atoms with Crippen molar-refractivity contribution in [3.05, 3.63) is 232 Å². The van der Waals surface area contributed by atoms with Crippen LogP contribution in [-0.4, -0.2) is 16.4 Å². The Hall–Kier alpha value is -7.53. The van der Waals surface area contributed by atoms with Crippen LogP contribution in [-0.2, 0) is 5.41 Å². The zero-order valence-corrected chi connectivity index (χ0v) is 46.8. The van der Waals surface area contributed by atoms with Crippen LogP contribution in [0.1, 0.15) is 140 Å². The van der Waals surface area contributed by atoms with Gasteiger partial charge in [0, 0.05) is 57.1 Å². The molecule has 5 aliphatic rings. The van der Waals surface area contributed by atoms with Crippen molar-refractivity contribution in [2.45, 2.75) is 118 Å². The van der Waals surface area contributed by atoms with E-state index in [9.17, 15) is 0 Å². The normalized spacial score (nSPS) is 20.5. The molecule has 0 radical (unpaired) electrons. The fourth-order valence-electron chi connectivity index (χ4n) is 12.7. The molecule has 4 heteroatoms. The fourth-order valence-corrected chi connectivity index (χ4v) is 12.7. The third-order valence-electron chi connectivity index (χ3n) is 17.6. The first kappa shape index (κ1) is 50.3. The largest absolute Gasteiger partial charge is 0.461 e. The molecule has 7 aromatic rings. The Labute approximate surface area is 457 Å². The van der Waals surface area contributed by atoms with Crippen molar-refractivity contribution in [2.75, 3.05) is 0 Å². The van der Waals surface area contributed by atoms with Gasteiger partial charge in [-0.15, -0.1) is 0 Å². The molecule has 0 fully saturated rings. The molecule has 4 heterocycles. The summed E-state index contributed by atoms with van der Waals surface area (Å²) >= 11 is 0. The lowest BCUT2D eigenvalue weighted by atomic mass is 9.70. The van der Waals surface area contributed by atoms with E-state index < -0.39 is 0 Å². The quantitative estimate of drug-likeness (QED) is 0.139. The fraction of sp³-hybridized carbons (Fsp3) is 0.274. The Morgan fingerprint density at radius 2 is 1.52 bits per heavy atom. The van der Waals surface area contributed by atoms with Gasteiger partial charge in [-0.1, -0.05) is 182 Å². The number of allylic oxidation sites excluding steroid dienone is 15. The summed E-state index contributed by atoms with van der Waals surface area (Å²) in [5.74, 6) is 2.59. The Morgan fingerprint density at radius 3 is 2.27 bits per heavy atom. The van der Waals surface area contributed by atoms with Crippen molar-refractivity contribution in [1.82, 2.24) is 9.88 Å². The molecule has 1 N–H and O–H groups in total. The molecule has 12 rings (SSSR count). The monoisotopic (exact) mass is 1010 g/mol. The molecule has 3 aliphatic heterocycles. The summed E-state index contributed by atoms with van der Waals surface area (Å²) in [5, 5.41) is 6.67. The number of para-hydroxylation sites is 1. The molecule has 6 aromatic carbocycles. The second kappa shape index (κ2) is 19.8. The Kier molecular flexibility index (Phi) is 12.9. The number of nitrogens with one attached hydrogen (secondary N) is 1. The van der Waals surface area contributed by atoms with Crippen molar-refractivity contribution in [3.63, 3.8) is 0 Å². The number of benzene rings is 6. The van der Waals surface area contributed by atoms with E-state index in [0.717, 1.165) is 48.5 Å². The number of fused-ring (bicyclic) bond motifs is 11. The van der Waals surface area contributed by atoms with Gasteiger partial charge < -0.3 is 9.30 Å². The molecule has 77 heavy (non-hydrogen) atoms. The second-order valence-electron chi connectivity index (χ2n) is 23.7. The van der Waals surface area contributed by atoms with Crippen molar-refractivity contribution < 1.29 is 4.74 Å². The second-order valence-corrected chi connectivity index (χ2v) is 23.7. The van der Waals surface area contributed by atoms with Crippen LogP contribution in [0.4, 0.5) is 0 Å². The molecule has 4 atom stereocenters. The van der Waals surface area contributed by atoms with Crippen LogP contribution in [0.15, 0.2) is 204 Å². The van der Waals surface area contributed by atoms with Crippen LogP contribution in [0.3, 0.4) is 0 Å². The van der Waals surface area contributed by atoms with Gasteiger partial charge >= 0.3 is 0 Å². The Morgan fingerprint density at radius 1 is 0.753 bits per heavy atom. The van der Waals surface area contributed by atoms with E-state index in [1.807, 2.05) is 0 Å². The van der Waals surface area contributed by atoms with Gasteiger partial charge in [0.2, 0.25) is 0 Å². The summed E-state index contributed by atoms with van der Waals surface area (Å²) < 4.78 is 9.24. The summed E-state index contributed by atoms with van der Waals surface area (Å²) in [6.07, 6.45) is 26.6. The summed E-state index contributed by atoms with van der Waals surface area (Å²) in [4.78, 5) is 5.57. The molecule has 1 aromatic heterocycles. The number of hydrogen-bond donors (Lipinski definition) is 1. The predicted octanol–water partition coefficient (Wildman–Crippen LogP) is 19.3. The van der Waals surface area contributed by atoms with E-state index in [-0.39, 0.29) is 29.0 Å². The van der Waals surface area contributed by atoms with E-state index in [1.165, 1.54) is 105 Å². The molecule has 4 unspecified atom stereocenters. The van der Waals surface area contributed by atoms with E-state index in [2.05, 4.69) is 261 Å². The van der Waals surface area contributed by atoms with Crippen molar-refractivity contribution in [1.29, 1.82) is 0 Å². The Balaban J connectivity index is 1.13. The maximum absolute atomic E-state index is 6.58. The first-order valence-corrected chi connectivity index (χ1v) is 28.3. The molecule has 0 saturated heterocycles. The molecular formula is C73H73N3O. The highest BCUT2D eigenvalue weighted by molar-refractivity contribution is 6.22. The van der Waals surface area contributed by atoms with Crippen molar-refractivity contribution in [3.8, 4) is 33.7 Å². The summed E-state index contributed by atoms with van der Waals surface area (Å²) in [7, 11) is 0. The lowest BCUT2D eigenvalue weighted by Gasteiger charge is -2.35. The predicted molar refractivity (Wildman–Crippen MR) is 328 cm³/mol. The molecule has 0 saturated carbocycles. The van der Waals surface area contributed by atoms with Gasteiger partial charge in [-0.3, -0.25) is 10.3 Å². The van der Waals surface area contributed by atoms with Crippen LogP contribution in [0.5, 0.6) is 5.75 Å². The first-order chi connectivity index (χ1) is 37.3. The van der Waals surface area contributed by atoms with Gasteiger partial charge in [-0.25, -0.2) is 0 Å². The van der Waals surface area contributed by atoms with Crippen molar-refractivity contribution in [2.24, 2.45) is 16.3 Å². The lowest BCUT2D eigenvalue weighted by molar-refractivity contribution is 0.250. The van der Waals surface area contributed by atoms with E-state index >= 15 is 0 Å². The van der Waals surface area contributed by atoms with Crippen LogP contribution >= 0.6 is 0 Å². The molecule has 0 spiro atoms. The van der Waals surface area contributed by atoms with E-state index in [0.29, 0.717) is 5.92 Å². The minimum absolute atomic E-state index is 0.00586. The lowest BCUT2D eigenvalue weighted by Crippen LogP contribution is -2.39. The Bertz CT molecular complexity index is 3810. The molecule has 0 amide bonds. The van der Waals surface area contributed by atoms with Gasteiger partial charge in [0.25, 0.3) is 0 Å². The summed E-state index contributed by atoms with van der Waals surface area (Å²) in [5.41, 5.74) is 23.6. The third-order valence-corrected chi connectivity index (χ3v) is 17.6. The average Bonchev–Trinajstić information content (AvgIpc) is 4.18.